The summed E-state index contributed by atoms with van der Waals surface area (Å²) in [6.45, 7) is 2.50. The Balaban J connectivity index is 2.99. The summed E-state index contributed by atoms with van der Waals surface area (Å²) in [6.07, 6.45) is 0.780. The maximum absolute atomic E-state index is 8.18. The average Bonchev–Trinajstić information content (AvgIpc) is 2.21. The van der Waals surface area contributed by atoms with E-state index < -0.39 is 0 Å². The molecule has 0 aromatic carbocycles. The molecule has 0 rings (SSSR count). The Morgan fingerprint density at radius 1 is 1.21 bits per heavy atom. The number of hydrogen-bond acceptors (Lipinski definition) is 5. The summed E-state index contributed by atoms with van der Waals surface area (Å²) in [7, 11) is 1.63. The normalized spacial score (nSPS) is 11.9. The van der Waals surface area contributed by atoms with E-state index in [4.69, 9.17) is 25.2 Å². The van der Waals surface area contributed by atoms with Crippen molar-refractivity contribution in [1.29, 1.82) is 0 Å². The van der Waals surface area contributed by atoms with Crippen molar-refractivity contribution >= 4 is 5.84 Å². The van der Waals surface area contributed by atoms with Gasteiger partial charge in [0.1, 0.15) is 6.61 Å². The van der Waals surface area contributed by atoms with E-state index in [0.29, 0.717) is 26.4 Å². The standard InChI is InChI=1S/C8H18N2O4/c1-12-5-6-13-3-2-4-14-7-8(9)10-11/h11H,2-7H2,1H3,(H2,9,10). The molecule has 0 heterocycles. The first-order valence-corrected chi connectivity index (χ1v) is 4.42. The lowest BCUT2D eigenvalue weighted by Crippen LogP contribution is -2.19. The topological polar surface area (TPSA) is 86.3 Å². The Bertz CT molecular complexity index is 152. The third-order valence-corrected chi connectivity index (χ3v) is 1.39. The number of nitrogens with two attached hydrogens (primary N) is 1. The molecular weight excluding hydrogens is 188 g/mol. The van der Waals surface area contributed by atoms with Crippen LogP contribution in [0.15, 0.2) is 5.16 Å². The van der Waals surface area contributed by atoms with Crippen LogP contribution in [0.2, 0.25) is 0 Å². The summed E-state index contributed by atoms with van der Waals surface area (Å²) in [6, 6.07) is 0. The van der Waals surface area contributed by atoms with E-state index in [1.807, 2.05) is 0 Å². The average molecular weight is 206 g/mol. The SMILES string of the molecule is COCCOCCCOCC(N)=NO. The molecule has 0 atom stereocenters. The number of oxime groups is 1. The van der Waals surface area contributed by atoms with E-state index in [1.54, 1.807) is 7.11 Å². The van der Waals surface area contributed by atoms with Gasteiger partial charge in [-0.15, -0.1) is 0 Å². The number of methoxy groups -OCH3 is 1. The third-order valence-electron chi connectivity index (χ3n) is 1.39. The molecule has 0 unspecified atom stereocenters. The third kappa shape index (κ3) is 9.24. The molecule has 0 fully saturated rings. The summed E-state index contributed by atoms with van der Waals surface area (Å²) in [4.78, 5) is 0. The fourth-order valence-electron chi connectivity index (χ4n) is 0.713. The minimum atomic E-state index is 0.0744. The molecule has 3 N–H and O–H groups in total. The zero-order chi connectivity index (χ0) is 10.6. The van der Waals surface area contributed by atoms with E-state index in [0.717, 1.165) is 6.42 Å². The minimum absolute atomic E-state index is 0.0744. The molecule has 0 bridgehead atoms. The maximum atomic E-state index is 8.18. The van der Waals surface area contributed by atoms with E-state index in [2.05, 4.69) is 5.16 Å². The quantitative estimate of drug-likeness (QED) is 0.179. The first-order valence-electron chi connectivity index (χ1n) is 4.42. The van der Waals surface area contributed by atoms with Gasteiger partial charge in [-0.25, -0.2) is 0 Å². The molecule has 84 valence electrons. The molecule has 0 spiro atoms. The van der Waals surface area contributed by atoms with E-state index >= 15 is 0 Å². The largest absolute Gasteiger partial charge is 0.409 e. The molecule has 0 saturated heterocycles. The zero-order valence-corrected chi connectivity index (χ0v) is 8.44. The molecule has 0 amide bonds. The molecular formula is C8H18N2O4. The van der Waals surface area contributed by atoms with Crippen LogP contribution in [0.4, 0.5) is 0 Å². The first-order chi connectivity index (χ1) is 6.81. The van der Waals surface area contributed by atoms with Crippen LogP contribution in [0.5, 0.6) is 0 Å². The van der Waals surface area contributed by atoms with Crippen LogP contribution >= 0.6 is 0 Å². The van der Waals surface area contributed by atoms with Crippen LogP contribution in [-0.2, 0) is 14.2 Å². The van der Waals surface area contributed by atoms with Gasteiger partial charge in [0.25, 0.3) is 0 Å². The fraction of sp³-hybridized carbons (Fsp3) is 0.875. The van der Waals surface area contributed by atoms with Crippen molar-refractivity contribution in [3.05, 3.63) is 0 Å². The van der Waals surface area contributed by atoms with Gasteiger partial charge in [-0.05, 0) is 6.42 Å². The van der Waals surface area contributed by atoms with E-state index in [9.17, 15) is 0 Å². The summed E-state index contributed by atoms with van der Waals surface area (Å²) >= 11 is 0. The summed E-state index contributed by atoms with van der Waals surface area (Å²) in [5, 5.41) is 10.9. The van der Waals surface area contributed by atoms with Crippen LogP contribution in [0, 0.1) is 0 Å². The predicted octanol–water partition coefficient (Wildman–Crippen LogP) is -0.197. The molecule has 0 aromatic heterocycles. The van der Waals surface area contributed by atoms with E-state index in [1.165, 1.54) is 0 Å². The highest BCUT2D eigenvalue weighted by Crippen LogP contribution is 1.85. The monoisotopic (exact) mass is 206 g/mol. The van der Waals surface area contributed by atoms with Gasteiger partial charge in [-0.2, -0.15) is 0 Å². The van der Waals surface area contributed by atoms with Crippen LogP contribution in [0.25, 0.3) is 0 Å². The van der Waals surface area contributed by atoms with Crippen molar-refractivity contribution in [3.63, 3.8) is 0 Å². The van der Waals surface area contributed by atoms with Crippen molar-refractivity contribution in [1.82, 2.24) is 0 Å². The Morgan fingerprint density at radius 3 is 2.57 bits per heavy atom. The Hall–Kier alpha value is -0.850. The molecule has 14 heavy (non-hydrogen) atoms. The predicted molar refractivity (Wildman–Crippen MR) is 51.5 cm³/mol. The van der Waals surface area contributed by atoms with Gasteiger partial charge in [0.05, 0.1) is 13.2 Å². The highest BCUT2D eigenvalue weighted by molar-refractivity contribution is 5.80. The van der Waals surface area contributed by atoms with Gasteiger partial charge in [0.15, 0.2) is 5.84 Å². The van der Waals surface area contributed by atoms with Crippen molar-refractivity contribution < 1.29 is 19.4 Å². The molecule has 0 radical (unpaired) electrons. The smallest absolute Gasteiger partial charge is 0.165 e. The maximum Gasteiger partial charge on any atom is 0.165 e. The highest BCUT2D eigenvalue weighted by atomic mass is 16.5. The number of amidine groups is 1. The lowest BCUT2D eigenvalue weighted by Gasteiger charge is -2.04. The number of ether oxygens (including phenoxy) is 3. The molecule has 6 nitrogen and oxygen atoms in total. The summed E-state index contributed by atoms with van der Waals surface area (Å²) in [5.74, 6) is 0.0744. The minimum Gasteiger partial charge on any atom is -0.409 e. The Labute approximate surface area is 83.6 Å². The van der Waals surface area contributed by atoms with Crippen LogP contribution in [0.1, 0.15) is 6.42 Å². The molecule has 0 saturated carbocycles. The van der Waals surface area contributed by atoms with Gasteiger partial charge >= 0.3 is 0 Å². The number of hydrogen-bond donors (Lipinski definition) is 2. The van der Waals surface area contributed by atoms with Crippen LogP contribution in [-0.4, -0.2) is 51.2 Å². The summed E-state index contributed by atoms with van der Waals surface area (Å²) in [5.41, 5.74) is 5.18. The van der Waals surface area contributed by atoms with Gasteiger partial charge in [0.2, 0.25) is 0 Å². The fourth-order valence-corrected chi connectivity index (χ4v) is 0.713. The van der Waals surface area contributed by atoms with Gasteiger partial charge in [-0.3, -0.25) is 0 Å². The van der Waals surface area contributed by atoms with E-state index in [-0.39, 0.29) is 12.4 Å². The molecule has 6 heteroatoms. The second-order valence-electron chi connectivity index (χ2n) is 2.60. The van der Waals surface area contributed by atoms with Crippen molar-refractivity contribution in [2.75, 3.05) is 40.1 Å². The first kappa shape index (κ1) is 13.2. The second kappa shape index (κ2) is 10.2. The van der Waals surface area contributed by atoms with Gasteiger partial charge < -0.3 is 25.2 Å². The Morgan fingerprint density at radius 2 is 1.93 bits per heavy atom. The lowest BCUT2D eigenvalue weighted by atomic mass is 10.5. The van der Waals surface area contributed by atoms with Crippen molar-refractivity contribution in [2.45, 2.75) is 6.42 Å². The van der Waals surface area contributed by atoms with Gasteiger partial charge in [0, 0.05) is 20.3 Å². The van der Waals surface area contributed by atoms with Gasteiger partial charge in [-0.1, -0.05) is 5.16 Å². The second-order valence-corrected chi connectivity index (χ2v) is 2.60. The molecule has 0 aliphatic rings. The lowest BCUT2D eigenvalue weighted by molar-refractivity contribution is 0.0560. The molecule has 0 aliphatic heterocycles. The number of nitrogens with zero attached hydrogens (tertiary/aromatic N) is 1. The Kier molecular flexibility index (Phi) is 9.61. The van der Waals surface area contributed by atoms with Crippen LogP contribution in [0.3, 0.4) is 0 Å². The summed E-state index contributed by atoms with van der Waals surface area (Å²) < 4.78 is 15.1. The molecule has 0 aliphatic carbocycles. The van der Waals surface area contributed by atoms with Crippen LogP contribution < -0.4 is 5.73 Å². The van der Waals surface area contributed by atoms with Crippen molar-refractivity contribution in [3.8, 4) is 0 Å². The highest BCUT2D eigenvalue weighted by Gasteiger charge is 1.93. The zero-order valence-electron chi connectivity index (χ0n) is 8.44. The number of rotatable bonds is 9. The van der Waals surface area contributed by atoms with Crippen molar-refractivity contribution in [2.24, 2.45) is 10.9 Å². The molecule has 0 aromatic rings.